The molecular formula is C25H34N2O3. The van der Waals surface area contributed by atoms with Gasteiger partial charge in [-0.05, 0) is 81.3 Å². The number of carbonyl (C=O) groups is 1. The minimum Gasteiger partial charge on any atom is -0.493 e. The molecule has 5 heteroatoms. The fourth-order valence-corrected chi connectivity index (χ4v) is 6.86. The van der Waals surface area contributed by atoms with Crippen molar-refractivity contribution in [3.8, 4) is 11.5 Å². The van der Waals surface area contributed by atoms with Crippen molar-refractivity contribution in [1.29, 1.82) is 0 Å². The van der Waals surface area contributed by atoms with Crippen LogP contribution in [0.1, 0.15) is 51.4 Å². The van der Waals surface area contributed by atoms with Crippen LogP contribution in [0.5, 0.6) is 11.5 Å². The van der Waals surface area contributed by atoms with Crippen LogP contribution in [0.4, 0.5) is 0 Å². The lowest BCUT2D eigenvalue weighted by atomic mass is 9.50. The first-order valence-electron chi connectivity index (χ1n) is 11.7. The molecule has 0 aromatic heterocycles. The maximum absolute atomic E-state index is 12.6. The molecule has 162 valence electrons. The summed E-state index contributed by atoms with van der Waals surface area (Å²) in [4.78, 5) is 19.3. The number of para-hydroxylation sites is 2. The number of hydrogen-bond donors (Lipinski definition) is 0. The van der Waals surface area contributed by atoms with Gasteiger partial charge in [-0.1, -0.05) is 12.1 Å². The van der Waals surface area contributed by atoms with Gasteiger partial charge in [-0.3, -0.25) is 9.69 Å². The normalized spacial score (nSPS) is 33.8. The van der Waals surface area contributed by atoms with E-state index in [0.29, 0.717) is 6.54 Å². The average molecular weight is 411 g/mol. The van der Waals surface area contributed by atoms with Crippen LogP contribution in [0.15, 0.2) is 29.3 Å². The predicted octanol–water partition coefficient (Wildman–Crippen LogP) is 4.35. The Balaban J connectivity index is 1.10. The molecule has 5 fully saturated rings. The monoisotopic (exact) mass is 410 g/mol. The maximum atomic E-state index is 12.6. The van der Waals surface area contributed by atoms with Gasteiger partial charge in [0.05, 0.1) is 13.7 Å². The average Bonchev–Trinajstić information content (AvgIpc) is 2.73. The number of rotatable bonds is 6. The number of ether oxygens (including phenoxy) is 2. The first kappa shape index (κ1) is 20.0. The molecule has 5 nitrogen and oxygen atoms in total. The van der Waals surface area contributed by atoms with E-state index in [4.69, 9.17) is 9.47 Å². The van der Waals surface area contributed by atoms with Crippen LogP contribution in [0.2, 0.25) is 0 Å². The molecule has 4 aliphatic carbocycles. The largest absolute Gasteiger partial charge is 0.493 e. The van der Waals surface area contributed by atoms with Crippen LogP contribution < -0.4 is 9.47 Å². The van der Waals surface area contributed by atoms with E-state index in [1.807, 2.05) is 24.3 Å². The van der Waals surface area contributed by atoms with Crippen molar-refractivity contribution in [3.05, 3.63) is 24.3 Å². The summed E-state index contributed by atoms with van der Waals surface area (Å²) in [5.74, 6) is 4.26. The first-order valence-corrected chi connectivity index (χ1v) is 11.7. The molecule has 0 unspecified atom stereocenters. The molecule has 1 aliphatic heterocycles. The molecule has 6 rings (SSSR count). The summed E-state index contributed by atoms with van der Waals surface area (Å²) < 4.78 is 11.5. The zero-order valence-corrected chi connectivity index (χ0v) is 18.1. The summed E-state index contributed by atoms with van der Waals surface area (Å²) in [6.45, 7) is 2.18. The summed E-state index contributed by atoms with van der Waals surface area (Å²) in [5.41, 5.74) is 0.236. The summed E-state index contributed by atoms with van der Waals surface area (Å²) in [5, 5.41) is 0. The third-order valence-electron chi connectivity index (χ3n) is 7.82. The molecule has 0 atom stereocenters. The molecule has 30 heavy (non-hydrogen) atoms. The Kier molecular flexibility index (Phi) is 5.57. The first-order chi connectivity index (χ1) is 14.6. The number of benzene rings is 1. The Hall–Kier alpha value is -1.88. The van der Waals surface area contributed by atoms with Gasteiger partial charge in [0.15, 0.2) is 11.5 Å². The quantitative estimate of drug-likeness (QED) is 0.654. The van der Waals surface area contributed by atoms with Crippen molar-refractivity contribution in [1.82, 2.24) is 4.90 Å². The highest BCUT2D eigenvalue weighted by Crippen LogP contribution is 2.59. The fourth-order valence-electron chi connectivity index (χ4n) is 6.86. The van der Waals surface area contributed by atoms with Gasteiger partial charge in [0, 0.05) is 24.7 Å². The number of aliphatic imine (C=N–C) groups is 1. The van der Waals surface area contributed by atoms with E-state index in [9.17, 15) is 4.79 Å². The van der Waals surface area contributed by atoms with E-state index in [2.05, 4.69) is 16.1 Å². The van der Waals surface area contributed by atoms with Gasteiger partial charge in [-0.2, -0.15) is 0 Å². The molecule has 4 saturated carbocycles. The van der Waals surface area contributed by atoms with Crippen molar-refractivity contribution >= 4 is 12.1 Å². The van der Waals surface area contributed by atoms with Gasteiger partial charge in [0.1, 0.15) is 6.10 Å². The van der Waals surface area contributed by atoms with Crippen LogP contribution in [-0.2, 0) is 4.79 Å². The molecule has 1 amide bonds. The van der Waals surface area contributed by atoms with E-state index in [-0.39, 0.29) is 17.4 Å². The lowest BCUT2D eigenvalue weighted by molar-refractivity contribution is -0.119. The van der Waals surface area contributed by atoms with Gasteiger partial charge in [0.2, 0.25) is 0 Å². The van der Waals surface area contributed by atoms with Gasteiger partial charge in [-0.25, -0.2) is 4.99 Å². The summed E-state index contributed by atoms with van der Waals surface area (Å²) >= 11 is 0. The Labute approximate surface area is 179 Å². The van der Waals surface area contributed by atoms with Gasteiger partial charge >= 0.3 is 0 Å². The summed E-state index contributed by atoms with van der Waals surface area (Å²) in [6, 6.07) is 7.79. The van der Waals surface area contributed by atoms with E-state index in [1.165, 1.54) is 38.5 Å². The lowest BCUT2D eigenvalue weighted by Gasteiger charge is -2.55. The van der Waals surface area contributed by atoms with Crippen molar-refractivity contribution in [2.45, 2.75) is 57.5 Å². The SMILES string of the molecule is COc1ccccc1OC1CCN(CC(=O)N=CC23CC4CC(CC(C4)C2)C3)CC1. The van der Waals surface area contributed by atoms with Crippen molar-refractivity contribution < 1.29 is 14.3 Å². The zero-order valence-electron chi connectivity index (χ0n) is 18.1. The molecule has 0 spiro atoms. The third-order valence-corrected chi connectivity index (χ3v) is 7.82. The highest BCUT2D eigenvalue weighted by molar-refractivity contribution is 5.88. The molecule has 1 aromatic carbocycles. The third kappa shape index (κ3) is 4.27. The van der Waals surface area contributed by atoms with E-state index < -0.39 is 0 Å². The Morgan fingerprint density at radius 1 is 1.07 bits per heavy atom. The van der Waals surface area contributed by atoms with Crippen molar-refractivity contribution in [2.24, 2.45) is 28.2 Å². The van der Waals surface area contributed by atoms with E-state index in [1.54, 1.807) is 7.11 Å². The van der Waals surface area contributed by atoms with Crippen LogP contribution in [0.3, 0.4) is 0 Å². The second-order valence-electron chi connectivity index (χ2n) is 10.2. The van der Waals surface area contributed by atoms with E-state index >= 15 is 0 Å². The molecule has 1 heterocycles. The predicted molar refractivity (Wildman–Crippen MR) is 117 cm³/mol. The number of hydrogen-bond acceptors (Lipinski definition) is 4. The van der Waals surface area contributed by atoms with Crippen LogP contribution in [0, 0.1) is 23.2 Å². The molecule has 4 bridgehead atoms. The van der Waals surface area contributed by atoms with Crippen LogP contribution in [-0.4, -0.2) is 49.9 Å². The van der Waals surface area contributed by atoms with Crippen molar-refractivity contribution in [3.63, 3.8) is 0 Å². The summed E-state index contributed by atoms with van der Waals surface area (Å²) in [7, 11) is 1.67. The van der Waals surface area contributed by atoms with Crippen LogP contribution in [0.25, 0.3) is 0 Å². The van der Waals surface area contributed by atoms with Crippen LogP contribution >= 0.6 is 0 Å². The molecule has 0 radical (unpaired) electrons. The lowest BCUT2D eigenvalue weighted by Crippen LogP contribution is -2.47. The molecule has 5 aliphatic rings. The molecule has 1 aromatic rings. The van der Waals surface area contributed by atoms with Gasteiger partial charge < -0.3 is 9.47 Å². The number of carbonyl (C=O) groups excluding carboxylic acids is 1. The minimum absolute atomic E-state index is 0.0230. The Morgan fingerprint density at radius 2 is 1.67 bits per heavy atom. The number of nitrogens with zero attached hydrogens (tertiary/aromatic N) is 2. The molecule has 0 N–H and O–H groups in total. The van der Waals surface area contributed by atoms with Crippen molar-refractivity contribution in [2.75, 3.05) is 26.7 Å². The topological polar surface area (TPSA) is 51.1 Å². The zero-order chi connectivity index (χ0) is 20.6. The standard InChI is InChI=1S/C25H34N2O3/c1-29-22-4-2-3-5-23(22)30-21-6-8-27(9-7-21)16-24(28)26-17-25-13-18-10-19(14-25)12-20(11-18)15-25/h2-5,17-21H,6-16H2,1H3. The fraction of sp³-hybridized carbons (Fsp3) is 0.680. The second kappa shape index (κ2) is 8.33. The minimum atomic E-state index is 0.0230. The molecule has 1 saturated heterocycles. The Bertz CT molecular complexity index is 762. The number of piperidine rings is 1. The van der Waals surface area contributed by atoms with E-state index in [0.717, 1.165) is 55.2 Å². The number of likely N-dealkylation sites (tertiary alicyclic amines) is 1. The Morgan fingerprint density at radius 3 is 2.27 bits per heavy atom. The molecular weight excluding hydrogens is 376 g/mol. The van der Waals surface area contributed by atoms with Gasteiger partial charge in [0.25, 0.3) is 5.91 Å². The highest BCUT2D eigenvalue weighted by atomic mass is 16.5. The summed E-state index contributed by atoms with van der Waals surface area (Å²) in [6.07, 6.45) is 12.2. The number of methoxy groups -OCH3 is 1. The maximum Gasteiger partial charge on any atom is 0.259 e. The smallest absolute Gasteiger partial charge is 0.259 e. The van der Waals surface area contributed by atoms with Gasteiger partial charge in [-0.15, -0.1) is 0 Å². The number of amides is 1. The highest BCUT2D eigenvalue weighted by Gasteiger charge is 2.50. The second-order valence-corrected chi connectivity index (χ2v) is 10.2.